The van der Waals surface area contributed by atoms with Gasteiger partial charge in [0.05, 0.1) is 18.1 Å². The largest absolute Gasteiger partial charge is 0.481 e. The maximum Gasteiger partial charge on any atom is 0.305 e. The van der Waals surface area contributed by atoms with Crippen molar-refractivity contribution in [2.45, 2.75) is 25.8 Å². The normalized spacial score (nSPS) is 11.5. The predicted molar refractivity (Wildman–Crippen MR) is 58.9 cm³/mol. The summed E-state index contributed by atoms with van der Waals surface area (Å²) in [5, 5.41) is 20.4. The van der Waals surface area contributed by atoms with Gasteiger partial charge in [0.15, 0.2) is 0 Å². The van der Waals surface area contributed by atoms with Crippen LogP contribution in [-0.2, 0) is 4.79 Å². The van der Waals surface area contributed by atoms with Crippen LogP contribution in [0.4, 0.5) is 5.82 Å². The van der Waals surface area contributed by atoms with Gasteiger partial charge < -0.3 is 10.4 Å². The molecule has 0 bridgehead atoms. The van der Waals surface area contributed by atoms with Crippen LogP contribution >= 0.6 is 0 Å². The first kappa shape index (κ1) is 12.0. The summed E-state index contributed by atoms with van der Waals surface area (Å²) in [5.74, 6) is -0.317. The van der Waals surface area contributed by atoms with Gasteiger partial charge in [-0.05, 0) is 18.6 Å². The van der Waals surface area contributed by atoms with Crippen LogP contribution in [0, 0.1) is 11.3 Å². The molecule has 1 aromatic rings. The van der Waals surface area contributed by atoms with E-state index in [1.165, 1.54) is 6.20 Å². The van der Waals surface area contributed by atoms with Crippen molar-refractivity contribution in [2.24, 2.45) is 0 Å². The van der Waals surface area contributed by atoms with Crippen molar-refractivity contribution >= 4 is 11.8 Å². The molecule has 0 saturated heterocycles. The van der Waals surface area contributed by atoms with Gasteiger partial charge in [-0.25, -0.2) is 4.98 Å². The third-order valence-corrected chi connectivity index (χ3v) is 2.15. The smallest absolute Gasteiger partial charge is 0.305 e. The Morgan fingerprint density at radius 2 is 2.50 bits per heavy atom. The molecule has 0 aliphatic rings. The fraction of sp³-hybridized carbons (Fsp3) is 0.364. The van der Waals surface area contributed by atoms with Crippen molar-refractivity contribution in [1.82, 2.24) is 4.98 Å². The van der Waals surface area contributed by atoms with E-state index < -0.39 is 5.97 Å². The van der Waals surface area contributed by atoms with E-state index in [2.05, 4.69) is 10.3 Å². The number of pyridine rings is 1. The molecule has 0 spiro atoms. The van der Waals surface area contributed by atoms with Crippen LogP contribution in [0.1, 0.15) is 25.3 Å². The van der Waals surface area contributed by atoms with Crippen LogP contribution in [0.2, 0.25) is 0 Å². The van der Waals surface area contributed by atoms with Crippen LogP contribution < -0.4 is 5.32 Å². The quantitative estimate of drug-likeness (QED) is 0.785. The molecule has 0 aliphatic carbocycles. The van der Waals surface area contributed by atoms with Gasteiger partial charge in [-0.1, -0.05) is 6.92 Å². The lowest BCUT2D eigenvalue weighted by Crippen LogP contribution is -2.22. The molecule has 0 radical (unpaired) electrons. The maximum atomic E-state index is 10.6. The number of hydrogen-bond acceptors (Lipinski definition) is 4. The molecule has 0 aromatic carbocycles. The summed E-state index contributed by atoms with van der Waals surface area (Å²) in [6.07, 6.45) is 2.24. The van der Waals surface area contributed by atoms with Crippen molar-refractivity contribution in [2.75, 3.05) is 5.32 Å². The van der Waals surface area contributed by atoms with Gasteiger partial charge in [-0.15, -0.1) is 0 Å². The monoisotopic (exact) mass is 219 g/mol. The molecule has 0 saturated carbocycles. The average molecular weight is 219 g/mol. The van der Waals surface area contributed by atoms with Gasteiger partial charge in [0.25, 0.3) is 0 Å². The van der Waals surface area contributed by atoms with Crippen molar-refractivity contribution in [3.63, 3.8) is 0 Å². The first-order chi connectivity index (χ1) is 7.65. The Bertz CT molecular complexity index is 412. The summed E-state index contributed by atoms with van der Waals surface area (Å²) in [7, 11) is 0. The van der Waals surface area contributed by atoms with E-state index in [1.807, 2.05) is 13.0 Å². The first-order valence-electron chi connectivity index (χ1n) is 5.00. The molecule has 1 unspecified atom stereocenters. The summed E-state index contributed by atoms with van der Waals surface area (Å²) >= 11 is 0. The number of nitrogens with zero attached hydrogens (tertiary/aromatic N) is 2. The highest BCUT2D eigenvalue weighted by molar-refractivity contribution is 5.68. The van der Waals surface area contributed by atoms with Gasteiger partial charge >= 0.3 is 5.97 Å². The van der Waals surface area contributed by atoms with Crippen LogP contribution in [0.15, 0.2) is 18.3 Å². The molecular formula is C11H13N3O2. The van der Waals surface area contributed by atoms with E-state index in [0.717, 1.165) is 0 Å². The Kier molecular flexibility index (Phi) is 4.28. The third-order valence-electron chi connectivity index (χ3n) is 2.15. The van der Waals surface area contributed by atoms with Crippen molar-refractivity contribution in [1.29, 1.82) is 5.26 Å². The van der Waals surface area contributed by atoms with Crippen LogP contribution in [0.3, 0.4) is 0 Å². The van der Waals surface area contributed by atoms with E-state index in [0.29, 0.717) is 17.8 Å². The summed E-state index contributed by atoms with van der Waals surface area (Å²) in [4.78, 5) is 14.6. The Morgan fingerprint density at radius 1 is 1.75 bits per heavy atom. The number of carboxylic acids is 1. The number of nitrogens with one attached hydrogen (secondary N) is 1. The van der Waals surface area contributed by atoms with Crippen LogP contribution in [0.25, 0.3) is 0 Å². The zero-order valence-corrected chi connectivity index (χ0v) is 8.97. The fourth-order valence-corrected chi connectivity index (χ4v) is 1.30. The van der Waals surface area contributed by atoms with Crippen molar-refractivity contribution in [3.8, 4) is 6.07 Å². The molecular weight excluding hydrogens is 206 g/mol. The number of anilines is 1. The highest BCUT2D eigenvalue weighted by Gasteiger charge is 2.11. The molecule has 1 aromatic heterocycles. The van der Waals surface area contributed by atoms with Crippen molar-refractivity contribution < 1.29 is 9.90 Å². The molecule has 5 heteroatoms. The van der Waals surface area contributed by atoms with E-state index >= 15 is 0 Å². The standard InChI is InChI=1S/C11H13N3O2/c1-2-9(6-11(15)16)14-10-5-8(7-12)3-4-13-10/h3-5,9H,2,6H2,1H3,(H,13,14)(H,15,16). The zero-order chi connectivity index (χ0) is 12.0. The number of nitriles is 1. The zero-order valence-electron chi connectivity index (χ0n) is 8.97. The number of rotatable bonds is 5. The maximum absolute atomic E-state index is 10.6. The lowest BCUT2D eigenvalue weighted by atomic mass is 10.1. The molecule has 2 N–H and O–H groups in total. The van der Waals surface area contributed by atoms with E-state index in [-0.39, 0.29) is 12.5 Å². The third kappa shape index (κ3) is 3.58. The molecule has 1 atom stereocenters. The highest BCUT2D eigenvalue weighted by atomic mass is 16.4. The second-order valence-corrected chi connectivity index (χ2v) is 3.39. The Morgan fingerprint density at radius 3 is 3.06 bits per heavy atom. The summed E-state index contributed by atoms with van der Waals surface area (Å²) in [6, 6.07) is 5.04. The molecule has 16 heavy (non-hydrogen) atoms. The lowest BCUT2D eigenvalue weighted by molar-refractivity contribution is -0.137. The summed E-state index contributed by atoms with van der Waals surface area (Å²) in [6.45, 7) is 1.90. The van der Waals surface area contributed by atoms with Crippen molar-refractivity contribution in [3.05, 3.63) is 23.9 Å². The summed E-state index contributed by atoms with van der Waals surface area (Å²) < 4.78 is 0. The second-order valence-electron chi connectivity index (χ2n) is 3.39. The minimum absolute atomic E-state index is 0.0367. The molecule has 84 valence electrons. The fourth-order valence-electron chi connectivity index (χ4n) is 1.30. The molecule has 5 nitrogen and oxygen atoms in total. The topological polar surface area (TPSA) is 86.0 Å². The number of hydrogen-bond donors (Lipinski definition) is 2. The second kappa shape index (κ2) is 5.71. The Balaban J connectivity index is 2.70. The molecule has 1 rings (SSSR count). The van der Waals surface area contributed by atoms with E-state index in [1.54, 1.807) is 12.1 Å². The van der Waals surface area contributed by atoms with Gasteiger partial charge in [0.2, 0.25) is 0 Å². The Labute approximate surface area is 93.7 Å². The minimum atomic E-state index is -0.851. The van der Waals surface area contributed by atoms with E-state index in [9.17, 15) is 4.79 Å². The SMILES string of the molecule is CCC(CC(=O)O)Nc1cc(C#N)ccn1. The average Bonchev–Trinajstić information content (AvgIpc) is 2.28. The minimum Gasteiger partial charge on any atom is -0.481 e. The molecule has 0 aliphatic heterocycles. The first-order valence-corrected chi connectivity index (χ1v) is 5.00. The lowest BCUT2D eigenvalue weighted by Gasteiger charge is -2.15. The van der Waals surface area contributed by atoms with Gasteiger partial charge in [-0.3, -0.25) is 4.79 Å². The number of carboxylic acid groups (broad SMARTS) is 1. The summed E-state index contributed by atoms with van der Waals surface area (Å²) in [5.41, 5.74) is 0.502. The number of carbonyl (C=O) groups is 1. The molecule has 0 amide bonds. The van der Waals surface area contributed by atoms with Crippen LogP contribution in [-0.4, -0.2) is 22.1 Å². The van der Waals surface area contributed by atoms with Gasteiger partial charge in [0.1, 0.15) is 5.82 Å². The number of aliphatic carboxylic acids is 1. The van der Waals surface area contributed by atoms with Gasteiger partial charge in [-0.2, -0.15) is 5.26 Å². The highest BCUT2D eigenvalue weighted by Crippen LogP contribution is 2.10. The Hall–Kier alpha value is -2.09. The number of aromatic nitrogens is 1. The molecule has 1 heterocycles. The predicted octanol–water partition coefficient (Wildman–Crippen LogP) is 1.62. The molecule has 0 fully saturated rings. The van der Waals surface area contributed by atoms with E-state index in [4.69, 9.17) is 10.4 Å². The van der Waals surface area contributed by atoms with Gasteiger partial charge in [0, 0.05) is 12.2 Å². The van der Waals surface area contributed by atoms with Crippen LogP contribution in [0.5, 0.6) is 0 Å².